The lowest BCUT2D eigenvalue weighted by molar-refractivity contribution is 0.0399. The van der Waals surface area contributed by atoms with Crippen molar-refractivity contribution in [3.05, 3.63) is 114 Å². The van der Waals surface area contributed by atoms with Gasteiger partial charge in [0.15, 0.2) is 0 Å². The second kappa shape index (κ2) is 9.86. The van der Waals surface area contributed by atoms with Crippen molar-refractivity contribution in [2.75, 3.05) is 19.6 Å². The highest BCUT2D eigenvalue weighted by Crippen LogP contribution is 2.32. The van der Waals surface area contributed by atoms with E-state index in [4.69, 9.17) is 0 Å². The van der Waals surface area contributed by atoms with E-state index < -0.39 is 0 Å². The van der Waals surface area contributed by atoms with E-state index in [1.54, 1.807) is 12.4 Å². The number of nitriles is 1. The van der Waals surface area contributed by atoms with Gasteiger partial charge in [-0.3, -0.25) is 14.7 Å². The maximum Gasteiger partial charge on any atom is 0.256 e. The molecule has 1 atom stereocenters. The van der Waals surface area contributed by atoms with E-state index in [0.717, 1.165) is 17.3 Å². The monoisotopic (exact) mass is 446 g/mol. The van der Waals surface area contributed by atoms with Crippen LogP contribution in [0.15, 0.2) is 97.3 Å². The molecule has 1 aromatic heterocycles. The number of amides is 1. The number of fused-ring (bicyclic) bond motifs is 1. The van der Waals surface area contributed by atoms with Gasteiger partial charge in [0.25, 0.3) is 5.91 Å². The minimum absolute atomic E-state index is 0.0554. The molecule has 2 heterocycles. The molecule has 5 nitrogen and oxygen atoms in total. The molecule has 0 N–H and O–H groups in total. The molecule has 5 rings (SSSR count). The standard InChI is InChI=1S/C29H26N4O/c30-16-15-25-21-32(28(22-9-3-1-4-10-22)23-11-5-2-6-12-23)17-18-33(25)29(34)27-20-31-19-24-13-7-8-14-26(24)27/h1-14,19-20,25,28H,15,17-18,21H2/t25-/m0/s1. The van der Waals surface area contributed by atoms with Crippen LogP contribution >= 0.6 is 0 Å². The molecule has 3 aromatic carbocycles. The topological polar surface area (TPSA) is 60.2 Å². The smallest absolute Gasteiger partial charge is 0.256 e. The predicted molar refractivity (Wildman–Crippen MR) is 133 cm³/mol. The molecule has 5 heteroatoms. The van der Waals surface area contributed by atoms with Gasteiger partial charge in [0.05, 0.1) is 30.1 Å². The lowest BCUT2D eigenvalue weighted by Gasteiger charge is -2.44. The van der Waals surface area contributed by atoms with Crippen molar-refractivity contribution in [3.63, 3.8) is 0 Å². The fourth-order valence-corrected chi connectivity index (χ4v) is 4.99. The zero-order valence-electron chi connectivity index (χ0n) is 18.9. The summed E-state index contributed by atoms with van der Waals surface area (Å²) in [6.45, 7) is 1.91. The maximum absolute atomic E-state index is 13.7. The highest BCUT2D eigenvalue weighted by molar-refractivity contribution is 6.06. The second-order valence-corrected chi connectivity index (χ2v) is 8.64. The maximum atomic E-state index is 13.7. The van der Waals surface area contributed by atoms with E-state index in [9.17, 15) is 10.1 Å². The van der Waals surface area contributed by atoms with Gasteiger partial charge < -0.3 is 4.90 Å². The number of benzene rings is 3. The van der Waals surface area contributed by atoms with Crippen LogP contribution in [0.25, 0.3) is 10.8 Å². The van der Waals surface area contributed by atoms with Gasteiger partial charge in [-0.1, -0.05) is 84.9 Å². The van der Waals surface area contributed by atoms with Crippen molar-refractivity contribution in [3.8, 4) is 6.07 Å². The van der Waals surface area contributed by atoms with Crippen molar-refractivity contribution in [1.82, 2.24) is 14.8 Å². The molecule has 1 saturated heterocycles. The average Bonchev–Trinajstić information content (AvgIpc) is 2.90. The minimum atomic E-state index is -0.194. The van der Waals surface area contributed by atoms with Gasteiger partial charge in [-0.05, 0) is 16.5 Å². The number of hydrogen-bond donors (Lipinski definition) is 0. The van der Waals surface area contributed by atoms with Crippen LogP contribution in [0, 0.1) is 11.3 Å². The summed E-state index contributed by atoms with van der Waals surface area (Å²) in [6, 6.07) is 30.9. The first-order chi connectivity index (χ1) is 16.8. The van der Waals surface area contributed by atoms with Gasteiger partial charge in [0, 0.05) is 37.4 Å². The van der Waals surface area contributed by atoms with Crippen LogP contribution < -0.4 is 0 Å². The van der Waals surface area contributed by atoms with E-state index in [0.29, 0.717) is 18.7 Å². The van der Waals surface area contributed by atoms with Crippen molar-refractivity contribution in [1.29, 1.82) is 5.26 Å². The van der Waals surface area contributed by atoms with Gasteiger partial charge in [-0.25, -0.2) is 0 Å². The highest BCUT2D eigenvalue weighted by Gasteiger charge is 2.35. The lowest BCUT2D eigenvalue weighted by Crippen LogP contribution is -2.55. The van der Waals surface area contributed by atoms with Crippen LogP contribution in [0.2, 0.25) is 0 Å². The molecule has 0 spiro atoms. The van der Waals surface area contributed by atoms with Gasteiger partial charge in [-0.15, -0.1) is 0 Å². The predicted octanol–water partition coefficient (Wildman–Crippen LogP) is 5.06. The molecule has 34 heavy (non-hydrogen) atoms. The molecule has 1 amide bonds. The summed E-state index contributed by atoms with van der Waals surface area (Å²) in [5.74, 6) is -0.0554. The Morgan fingerprint density at radius 1 is 0.912 bits per heavy atom. The molecule has 0 aliphatic carbocycles. The number of carbonyl (C=O) groups is 1. The summed E-state index contributed by atoms with van der Waals surface area (Å²) < 4.78 is 0. The van der Waals surface area contributed by atoms with Crippen molar-refractivity contribution >= 4 is 16.7 Å². The van der Waals surface area contributed by atoms with Crippen LogP contribution in [0.5, 0.6) is 0 Å². The Hall–Kier alpha value is -4.01. The molecule has 0 unspecified atom stereocenters. The molecule has 1 aliphatic rings. The Bertz CT molecular complexity index is 1270. The van der Waals surface area contributed by atoms with E-state index in [1.807, 2.05) is 41.3 Å². The summed E-state index contributed by atoms with van der Waals surface area (Å²) in [7, 11) is 0. The summed E-state index contributed by atoms with van der Waals surface area (Å²) in [5, 5.41) is 11.4. The van der Waals surface area contributed by atoms with E-state index in [-0.39, 0.29) is 24.4 Å². The van der Waals surface area contributed by atoms with Gasteiger partial charge in [0.1, 0.15) is 0 Å². The van der Waals surface area contributed by atoms with Gasteiger partial charge in [0.2, 0.25) is 0 Å². The number of nitrogens with zero attached hydrogens (tertiary/aromatic N) is 4. The van der Waals surface area contributed by atoms with Crippen LogP contribution in [-0.4, -0.2) is 46.4 Å². The second-order valence-electron chi connectivity index (χ2n) is 8.64. The molecule has 1 fully saturated rings. The Kier molecular flexibility index (Phi) is 6.33. The number of piperazine rings is 1. The third kappa shape index (κ3) is 4.28. The number of pyridine rings is 1. The normalized spacial score (nSPS) is 16.5. The van der Waals surface area contributed by atoms with Crippen molar-refractivity contribution < 1.29 is 4.79 Å². The third-order valence-electron chi connectivity index (χ3n) is 6.60. The Morgan fingerprint density at radius 2 is 1.56 bits per heavy atom. The Balaban J connectivity index is 1.46. The first-order valence-electron chi connectivity index (χ1n) is 11.6. The Morgan fingerprint density at radius 3 is 2.24 bits per heavy atom. The summed E-state index contributed by atoms with van der Waals surface area (Å²) in [6.07, 6.45) is 3.72. The largest absolute Gasteiger partial charge is 0.332 e. The van der Waals surface area contributed by atoms with E-state index >= 15 is 0 Å². The fraction of sp³-hybridized carbons (Fsp3) is 0.207. The lowest BCUT2D eigenvalue weighted by atomic mass is 9.94. The zero-order valence-corrected chi connectivity index (χ0v) is 18.9. The van der Waals surface area contributed by atoms with E-state index in [1.165, 1.54) is 11.1 Å². The Labute approximate surface area is 199 Å². The highest BCUT2D eigenvalue weighted by atomic mass is 16.2. The number of carbonyl (C=O) groups excluding carboxylic acids is 1. The first-order valence-corrected chi connectivity index (χ1v) is 11.6. The van der Waals surface area contributed by atoms with Crippen molar-refractivity contribution in [2.45, 2.75) is 18.5 Å². The van der Waals surface area contributed by atoms with Gasteiger partial charge >= 0.3 is 0 Å². The average molecular weight is 447 g/mol. The third-order valence-corrected chi connectivity index (χ3v) is 6.60. The zero-order chi connectivity index (χ0) is 23.3. The quantitative estimate of drug-likeness (QED) is 0.430. The minimum Gasteiger partial charge on any atom is -0.332 e. The number of aromatic nitrogens is 1. The molecule has 0 saturated carbocycles. The van der Waals surface area contributed by atoms with E-state index in [2.05, 4.69) is 64.5 Å². The molecule has 0 radical (unpaired) electrons. The van der Waals surface area contributed by atoms with Gasteiger partial charge in [-0.2, -0.15) is 5.26 Å². The molecule has 1 aliphatic heterocycles. The van der Waals surface area contributed by atoms with Crippen LogP contribution in [0.1, 0.15) is 33.9 Å². The van der Waals surface area contributed by atoms with Crippen molar-refractivity contribution in [2.24, 2.45) is 0 Å². The summed E-state index contributed by atoms with van der Waals surface area (Å²) in [4.78, 5) is 22.2. The molecular weight excluding hydrogens is 420 g/mol. The first kappa shape index (κ1) is 21.8. The van der Waals surface area contributed by atoms with Crippen LogP contribution in [0.3, 0.4) is 0 Å². The number of hydrogen-bond acceptors (Lipinski definition) is 4. The van der Waals surface area contributed by atoms with Crippen LogP contribution in [0.4, 0.5) is 0 Å². The fourth-order valence-electron chi connectivity index (χ4n) is 4.99. The van der Waals surface area contributed by atoms with Crippen LogP contribution in [-0.2, 0) is 0 Å². The molecule has 0 bridgehead atoms. The number of rotatable bonds is 5. The SMILES string of the molecule is N#CC[C@H]1CN(C(c2ccccc2)c2ccccc2)CCN1C(=O)c1cncc2ccccc12. The summed E-state index contributed by atoms with van der Waals surface area (Å²) >= 11 is 0. The molecular formula is C29H26N4O. The summed E-state index contributed by atoms with van der Waals surface area (Å²) in [5.41, 5.74) is 3.02. The molecule has 168 valence electrons. The molecule has 4 aromatic rings.